The zero-order chi connectivity index (χ0) is 25.4. The summed E-state index contributed by atoms with van der Waals surface area (Å²) in [5.74, 6) is -3.84. The molecule has 0 spiro atoms. The number of carbonyl (C=O) groups excluding carboxylic acids is 3. The molecule has 0 aromatic heterocycles. The second kappa shape index (κ2) is 7.62. The van der Waals surface area contributed by atoms with Crippen molar-refractivity contribution in [3.05, 3.63) is 105 Å². The number of hydrogen-bond acceptors (Lipinski definition) is 5. The van der Waals surface area contributed by atoms with Crippen molar-refractivity contribution < 1.29 is 19.3 Å². The van der Waals surface area contributed by atoms with E-state index in [4.69, 9.17) is 23.2 Å². The number of anilines is 1. The molecule has 1 fully saturated rings. The predicted molar refractivity (Wildman–Crippen MR) is 132 cm³/mol. The Labute approximate surface area is 215 Å². The van der Waals surface area contributed by atoms with Crippen molar-refractivity contribution in [2.24, 2.45) is 11.8 Å². The highest BCUT2D eigenvalue weighted by atomic mass is 35.5. The van der Waals surface area contributed by atoms with Gasteiger partial charge in [0.15, 0.2) is 0 Å². The molecule has 2 bridgehead atoms. The molecule has 36 heavy (non-hydrogen) atoms. The standard InChI is InChI=1S/C26H17Cl2N3O5/c27-25-16-8-1-2-9-17(16)26(28,19-11-4-3-10-18(19)25)22-21(25)23(33)30(24(22)34)13-20(32)29-14-6-5-7-15(12-14)31(35)36/h1-12,21-22H,13H2,(H,29,32)/t21-,22-,25?,26?/m0/s1. The van der Waals surface area contributed by atoms with E-state index < -0.39 is 50.8 Å². The molecule has 3 aromatic rings. The summed E-state index contributed by atoms with van der Waals surface area (Å²) in [5, 5.41) is 13.6. The van der Waals surface area contributed by atoms with Gasteiger partial charge >= 0.3 is 0 Å². The van der Waals surface area contributed by atoms with Crippen LogP contribution in [0.15, 0.2) is 72.8 Å². The zero-order valence-corrected chi connectivity index (χ0v) is 20.0. The van der Waals surface area contributed by atoms with Gasteiger partial charge in [0.05, 0.1) is 16.8 Å². The van der Waals surface area contributed by atoms with Crippen molar-refractivity contribution in [2.45, 2.75) is 9.75 Å². The molecular formula is C26H17Cl2N3O5. The first-order valence-corrected chi connectivity index (χ1v) is 11.9. The minimum absolute atomic E-state index is 0.174. The Morgan fingerprint density at radius 3 is 1.78 bits per heavy atom. The quantitative estimate of drug-likeness (QED) is 0.240. The predicted octanol–water partition coefficient (Wildman–Crippen LogP) is 4.13. The van der Waals surface area contributed by atoms with Crippen LogP contribution in [-0.2, 0) is 24.1 Å². The monoisotopic (exact) mass is 521 g/mol. The van der Waals surface area contributed by atoms with Gasteiger partial charge in [-0.1, -0.05) is 54.6 Å². The van der Waals surface area contributed by atoms with Gasteiger partial charge in [0.1, 0.15) is 16.3 Å². The molecule has 2 atom stereocenters. The summed E-state index contributed by atoms with van der Waals surface area (Å²) in [7, 11) is 0. The molecule has 0 unspecified atom stereocenters. The highest BCUT2D eigenvalue weighted by Gasteiger charge is 2.73. The van der Waals surface area contributed by atoms with Gasteiger partial charge in [-0.05, 0) is 28.3 Å². The number of likely N-dealkylation sites (tertiary alicyclic amines) is 1. The second-order valence-corrected chi connectivity index (χ2v) is 10.3. The third-order valence-electron chi connectivity index (χ3n) is 7.32. The van der Waals surface area contributed by atoms with E-state index in [2.05, 4.69) is 5.32 Å². The fourth-order valence-corrected chi connectivity index (χ4v) is 7.02. The molecule has 10 heteroatoms. The molecule has 8 nitrogen and oxygen atoms in total. The maximum Gasteiger partial charge on any atom is 0.271 e. The van der Waals surface area contributed by atoms with Gasteiger partial charge in [0.25, 0.3) is 5.69 Å². The third-order valence-corrected chi connectivity index (χ3v) is 8.60. The average Bonchev–Trinajstić information content (AvgIpc) is 3.13. The minimum Gasteiger partial charge on any atom is -0.324 e. The largest absolute Gasteiger partial charge is 0.324 e. The van der Waals surface area contributed by atoms with Gasteiger partial charge < -0.3 is 5.32 Å². The number of amides is 3. The summed E-state index contributed by atoms with van der Waals surface area (Å²) >= 11 is 14.7. The number of nitrogens with zero attached hydrogens (tertiary/aromatic N) is 2. The summed E-state index contributed by atoms with van der Waals surface area (Å²) < 4.78 is 0. The summed E-state index contributed by atoms with van der Waals surface area (Å²) in [6, 6.07) is 19.9. The Bertz CT molecular complexity index is 1380. The van der Waals surface area contributed by atoms with E-state index in [1.165, 1.54) is 24.3 Å². The minimum atomic E-state index is -1.33. The third kappa shape index (κ3) is 2.79. The number of benzene rings is 3. The molecule has 3 aliphatic carbocycles. The first kappa shape index (κ1) is 22.7. The number of alkyl halides is 2. The molecule has 0 saturated carbocycles. The number of nitro groups is 1. The highest BCUT2D eigenvalue weighted by Crippen LogP contribution is 2.69. The second-order valence-electron chi connectivity index (χ2n) is 9.09. The van der Waals surface area contributed by atoms with Crippen LogP contribution in [0.2, 0.25) is 0 Å². The number of rotatable bonds is 4. The number of nitrogens with one attached hydrogen (secondary N) is 1. The van der Waals surface area contributed by atoms with Crippen molar-refractivity contribution in [2.75, 3.05) is 11.9 Å². The molecule has 4 aliphatic rings. The summed E-state index contributed by atoms with van der Waals surface area (Å²) in [5.41, 5.74) is 2.66. The Morgan fingerprint density at radius 1 is 0.861 bits per heavy atom. The van der Waals surface area contributed by atoms with Crippen molar-refractivity contribution in [1.29, 1.82) is 0 Å². The Kier molecular flexibility index (Phi) is 4.81. The molecule has 1 heterocycles. The van der Waals surface area contributed by atoms with Crippen molar-refractivity contribution in [3.63, 3.8) is 0 Å². The lowest BCUT2D eigenvalue weighted by molar-refractivity contribution is -0.384. The van der Waals surface area contributed by atoms with E-state index in [-0.39, 0.29) is 11.4 Å². The van der Waals surface area contributed by atoms with Crippen molar-refractivity contribution >= 4 is 52.3 Å². The number of carbonyl (C=O) groups is 3. The van der Waals surface area contributed by atoms with Gasteiger partial charge in [-0.15, -0.1) is 23.2 Å². The van der Waals surface area contributed by atoms with Crippen LogP contribution in [-0.4, -0.2) is 34.1 Å². The number of nitro benzene ring substituents is 1. The lowest BCUT2D eigenvalue weighted by Crippen LogP contribution is -2.57. The molecule has 3 aromatic carbocycles. The van der Waals surface area contributed by atoms with E-state index in [0.29, 0.717) is 22.3 Å². The van der Waals surface area contributed by atoms with Gasteiger partial charge in [-0.2, -0.15) is 0 Å². The van der Waals surface area contributed by atoms with E-state index >= 15 is 0 Å². The van der Waals surface area contributed by atoms with Crippen LogP contribution in [0.25, 0.3) is 0 Å². The molecule has 3 amide bonds. The fraction of sp³-hybridized carbons (Fsp3) is 0.192. The zero-order valence-electron chi connectivity index (χ0n) is 18.5. The van der Waals surface area contributed by atoms with Crippen molar-refractivity contribution in [1.82, 2.24) is 4.90 Å². The van der Waals surface area contributed by atoms with Crippen LogP contribution >= 0.6 is 23.2 Å². The first-order chi connectivity index (χ1) is 17.2. The lowest BCUT2D eigenvalue weighted by Gasteiger charge is -2.54. The number of imide groups is 1. The molecular weight excluding hydrogens is 505 g/mol. The average molecular weight is 522 g/mol. The Morgan fingerprint density at radius 2 is 1.33 bits per heavy atom. The van der Waals surface area contributed by atoms with Crippen LogP contribution in [0.4, 0.5) is 11.4 Å². The van der Waals surface area contributed by atoms with E-state index in [1.54, 1.807) is 0 Å². The van der Waals surface area contributed by atoms with Crippen molar-refractivity contribution in [3.8, 4) is 0 Å². The van der Waals surface area contributed by atoms with Gasteiger partial charge in [-0.3, -0.25) is 29.4 Å². The van der Waals surface area contributed by atoms with Gasteiger partial charge in [0, 0.05) is 17.8 Å². The van der Waals surface area contributed by atoms with Crippen LogP contribution in [0.5, 0.6) is 0 Å². The smallest absolute Gasteiger partial charge is 0.271 e. The topological polar surface area (TPSA) is 110 Å². The highest BCUT2D eigenvalue weighted by molar-refractivity contribution is 6.36. The van der Waals surface area contributed by atoms with E-state index in [1.807, 2.05) is 48.5 Å². The van der Waals surface area contributed by atoms with Crippen LogP contribution in [0.3, 0.4) is 0 Å². The first-order valence-electron chi connectivity index (χ1n) is 11.2. The van der Waals surface area contributed by atoms with E-state index in [0.717, 1.165) is 4.90 Å². The van der Waals surface area contributed by atoms with E-state index in [9.17, 15) is 24.5 Å². The van der Waals surface area contributed by atoms with Crippen LogP contribution < -0.4 is 5.32 Å². The SMILES string of the molecule is O=C(CN1C(=O)[C@@H]2[C@@H](C1=O)C1(Cl)c3ccccc3C2(Cl)c2ccccc21)Nc1cccc([N+](=O)[O-])c1. The fourth-order valence-electron chi connectivity index (χ4n) is 5.92. The molecule has 1 saturated heterocycles. The Balaban J connectivity index is 1.38. The Hall–Kier alpha value is -3.75. The normalized spacial score (nSPS) is 27.3. The summed E-state index contributed by atoms with van der Waals surface area (Å²) in [6.45, 7) is -0.569. The van der Waals surface area contributed by atoms with Gasteiger partial charge in [0.2, 0.25) is 17.7 Å². The maximum atomic E-state index is 13.7. The number of non-ortho nitro benzene ring substituents is 1. The maximum absolute atomic E-state index is 13.7. The summed E-state index contributed by atoms with van der Waals surface area (Å²) in [4.78, 5) is 49.0. The van der Waals surface area contributed by atoms with Crippen LogP contribution in [0, 0.1) is 22.0 Å². The molecule has 1 aliphatic heterocycles. The summed E-state index contributed by atoms with van der Waals surface area (Å²) in [6.07, 6.45) is 0. The number of halogens is 2. The van der Waals surface area contributed by atoms with Crippen LogP contribution in [0.1, 0.15) is 22.3 Å². The van der Waals surface area contributed by atoms with Gasteiger partial charge in [-0.25, -0.2) is 0 Å². The molecule has 1 N–H and O–H groups in total. The lowest BCUT2D eigenvalue weighted by atomic mass is 9.54. The molecule has 0 radical (unpaired) electrons. The number of hydrogen-bond donors (Lipinski definition) is 1. The molecule has 7 rings (SSSR count). The molecule has 180 valence electrons.